The fourth-order valence-corrected chi connectivity index (χ4v) is 4.83. The largest absolute Gasteiger partial charge is 0.504 e. The molecule has 0 spiro atoms. The molecule has 8 heteroatoms. The Bertz CT molecular complexity index is 1220. The number of aromatic nitrogens is 2. The number of thioether (sulfide) groups is 1. The number of aromatic hydroxyl groups is 1. The molecule has 0 fully saturated rings. The maximum absolute atomic E-state index is 13.0. The Morgan fingerprint density at radius 2 is 2.03 bits per heavy atom. The number of nitrogens with one attached hydrogen (secondary N) is 1. The highest BCUT2D eigenvalue weighted by Gasteiger charge is 2.32. The molecule has 0 saturated heterocycles. The molecule has 1 aliphatic heterocycles. The monoisotopic (exact) mass is 437 g/mol. The van der Waals surface area contributed by atoms with Gasteiger partial charge in [0.1, 0.15) is 5.82 Å². The van der Waals surface area contributed by atoms with E-state index in [4.69, 9.17) is 4.74 Å². The average Bonchev–Trinajstić information content (AvgIpc) is 2.75. The fourth-order valence-electron chi connectivity index (χ4n) is 3.79. The summed E-state index contributed by atoms with van der Waals surface area (Å²) in [7, 11) is 3.26. The van der Waals surface area contributed by atoms with Gasteiger partial charge in [-0.15, -0.1) is 0 Å². The highest BCUT2D eigenvalue weighted by molar-refractivity contribution is 7.98. The van der Waals surface area contributed by atoms with Crippen molar-refractivity contribution in [3.8, 4) is 11.5 Å². The van der Waals surface area contributed by atoms with E-state index >= 15 is 0 Å². The van der Waals surface area contributed by atoms with Crippen LogP contribution in [0, 0.1) is 6.92 Å². The lowest BCUT2D eigenvalue weighted by Crippen LogP contribution is -2.33. The number of carbonyl (C=O) groups excluding carboxylic acids is 1. The van der Waals surface area contributed by atoms with Crippen molar-refractivity contribution in [3.05, 3.63) is 75.1 Å². The molecule has 1 amide bonds. The molecular weight excluding hydrogens is 414 g/mol. The van der Waals surface area contributed by atoms with Crippen LogP contribution in [0.2, 0.25) is 0 Å². The molecule has 31 heavy (non-hydrogen) atoms. The second kappa shape index (κ2) is 8.47. The summed E-state index contributed by atoms with van der Waals surface area (Å²) in [6, 6.07) is 13.0. The minimum atomic E-state index is -0.498. The van der Waals surface area contributed by atoms with Crippen LogP contribution in [-0.2, 0) is 17.6 Å². The number of hydrogen-bond donors (Lipinski definition) is 2. The molecule has 2 heterocycles. The number of anilines is 1. The first-order valence-corrected chi connectivity index (χ1v) is 10.8. The third-order valence-electron chi connectivity index (χ3n) is 5.52. The number of nitrogens with zero attached hydrogens (tertiary/aromatic N) is 2. The van der Waals surface area contributed by atoms with Crippen molar-refractivity contribution in [2.24, 2.45) is 7.05 Å². The number of phenols is 1. The zero-order chi connectivity index (χ0) is 22.1. The molecule has 1 unspecified atom stereocenters. The van der Waals surface area contributed by atoms with E-state index in [2.05, 4.69) is 10.3 Å². The van der Waals surface area contributed by atoms with Gasteiger partial charge in [-0.05, 0) is 35.7 Å². The third-order valence-corrected chi connectivity index (χ3v) is 6.60. The summed E-state index contributed by atoms with van der Waals surface area (Å²) in [4.78, 5) is 29.8. The summed E-state index contributed by atoms with van der Waals surface area (Å²) < 4.78 is 6.86. The van der Waals surface area contributed by atoms with Crippen LogP contribution < -0.4 is 15.6 Å². The topological polar surface area (TPSA) is 93.5 Å². The highest BCUT2D eigenvalue weighted by atomic mass is 32.2. The first kappa shape index (κ1) is 21.0. The van der Waals surface area contributed by atoms with Gasteiger partial charge in [-0.3, -0.25) is 9.59 Å². The highest BCUT2D eigenvalue weighted by Crippen LogP contribution is 2.39. The van der Waals surface area contributed by atoms with Gasteiger partial charge in [0.15, 0.2) is 16.7 Å². The number of ether oxygens (including phenoxy) is 1. The Balaban J connectivity index is 1.73. The van der Waals surface area contributed by atoms with E-state index in [0.717, 1.165) is 5.56 Å². The molecule has 1 aliphatic rings. The lowest BCUT2D eigenvalue weighted by atomic mass is 9.86. The number of phenolic OH excluding ortho intramolecular Hbond substituents is 1. The van der Waals surface area contributed by atoms with E-state index in [0.29, 0.717) is 33.6 Å². The molecular formula is C23H23N3O4S. The van der Waals surface area contributed by atoms with E-state index in [9.17, 15) is 14.7 Å². The Morgan fingerprint density at radius 3 is 2.74 bits per heavy atom. The molecule has 1 atom stereocenters. The number of aryl methyl sites for hydroxylation is 1. The third kappa shape index (κ3) is 4.03. The van der Waals surface area contributed by atoms with Crippen LogP contribution in [0.25, 0.3) is 0 Å². The van der Waals surface area contributed by atoms with E-state index < -0.39 is 5.92 Å². The van der Waals surface area contributed by atoms with Crippen molar-refractivity contribution in [2.75, 3.05) is 12.4 Å². The standard InChI is InChI=1S/C23H23N3O4S/c1-13-6-4-5-7-15(13)12-31-23-25-22(29)20-16(11-19(28)24-21(20)26(23)2)14-8-9-18(30-3)17(27)10-14/h4-10,16,27H,11-12H2,1-3H3,(H,24,28). The number of fused-ring (bicyclic) bond motifs is 1. The lowest BCUT2D eigenvalue weighted by molar-refractivity contribution is -0.116. The molecule has 4 rings (SSSR count). The van der Waals surface area contributed by atoms with Gasteiger partial charge in [-0.2, -0.15) is 4.98 Å². The van der Waals surface area contributed by atoms with Crippen molar-refractivity contribution in [2.45, 2.75) is 30.2 Å². The molecule has 0 saturated carbocycles. The molecule has 3 aromatic rings. The van der Waals surface area contributed by atoms with Crippen LogP contribution in [0.4, 0.5) is 5.82 Å². The predicted molar refractivity (Wildman–Crippen MR) is 120 cm³/mol. The number of methoxy groups -OCH3 is 1. The first-order valence-electron chi connectivity index (χ1n) is 9.84. The van der Waals surface area contributed by atoms with Crippen LogP contribution in [0.15, 0.2) is 52.4 Å². The van der Waals surface area contributed by atoms with Crippen molar-refractivity contribution in [1.29, 1.82) is 0 Å². The van der Waals surface area contributed by atoms with Gasteiger partial charge < -0.3 is 19.7 Å². The number of benzene rings is 2. The summed E-state index contributed by atoms with van der Waals surface area (Å²) in [6.45, 7) is 2.05. The quantitative estimate of drug-likeness (QED) is 0.468. The van der Waals surface area contributed by atoms with E-state index in [-0.39, 0.29) is 23.6 Å². The maximum Gasteiger partial charge on any atom is 0.279 e. The predicted octanol–water partition coefficient (Wildman–Crippen LogP) is 3.57. The number of carbonyl (C=O) groups is 1. The maximum atomic E-state index is 13.0. The van der Waals surface area contributed by atoms with Gasteiger partial charge in [-0.25, -0.2) is 0 Å². The zero-order valence-electron chi connectivity index (χ0n) is 17.5. The minimum Gasteiger partial charge on any atom is -0.504 e. The summed E-state index contributed by atoms with van der Waals surface area (Å²) in [6.07, 6.45) is 0.103. The Morgan fingerprint density at radius 1 is 1.26 bits per heavy atom. The summed E-state index contributed by atoms with van der Waals surface area (Å²) in [5, 5.41) is 13.5. The Kier molecular flexibility index (Phi) is 5.73. The van der Waals surface area contributed by atoms with Crippen molar-refractivity contribution in [1.82, 2.24) is 9.55 Å². The van der Waals surface area contributed by atoms with Crippen LogP contribution in [0.3, 0.4) is 0 Å². The molecule has 7 nitrogen and oxygen atoms in total. The molecule has 0 radical (unpaired) electrons. The SMILES string of the molecule is COc1ccc(C2CC(=O)Nc3c2c(=O)nc(SCc2ccccc2C)n3C)cc1O. The second-order valence-electron chi connectivity index (χ2n) is 7.47. The molecule has 160 valence electrons. The Labute approximate surface area is 184 Å². The van der Waals surface area contributed by atoms with Crippen LogP contribution in [0.5, 0.6) is 11.5 Å². The zero-order valence-corrected chi connectivity index (χ0v) is 18.3. The van der Waals surface area contributed by atoms with Crippen molar-refractivity contribution >= 4 is 23.5 Å². The summed E-state index contributed by atoms with van der Waals surface area (Å²) >= 11 is 1.45. The fraction of sp³-hybridized carbons (Fsp3) is 0.261. The van der Waals surface area contributed by atoms with Crippen LogP contribution >= 0.6 is 11.8 Å². The molecule has 2 aromatic carbocycles. The summed E-state index contributed by atoms with van der Waals surface area (Å²) in [5.74, 6) is 0.714. The van der Waals surface area contributed by atoms with E-state index in [1.165, 1.54) is 30.5 Å². The van der Waals surface area contributed by atoms with Gasteiger partial charge >= 0.3 is 0 Å². The molecule has 0 aliphatic carbocycles. The van der Waals surface area contributed by atoms with Gasteiger partial charge in [-0.1, -0.05) is 42.1 Å². The van der Waals surface area contributed by atoms with Crippen LogP contribution in [0.1, 0.15) is 34.6 Å². The Hall–Kier alpha value is -3.26. The van der Waals surface area contributed by atoms with Crippen molar-refractivity contribution < 1.29 is 14.6 Å². The average molecular weight is 438 g/mol. The first-order chi connectivity index (χ1) is 14.9. The van der Waals surface area contributed by atoms with Crippen molar-refractivity contribution in [3.63, 3.8) is 0 Å². The molecule has 0 bridgehead atoms. The smallest absolute Gasteiger partial charge is 0.279 e. The number of rotatable bonds is 5. The minimum absolute atomic E-state index is 0.0391. The molecule has 2 N–H and O–H groups in total. The van der Waals surface area contributed by atoms with Crippen LogP contribution in [-0.4, -0.2) is 27.7 Å². The van der Waals surface area contributed by atoms with E-state index in [1.807, 2.05) is 31.2 Å². The van der Waals surface area contributed by atoms with Gasteiger partial charge in [0, 0.05) is 25.1 Å². The van der Waals surface area contributed by atoms with Gasteiger partial charge in [0.25, 0.3) is 5.56 Å². The van der Waals surface area contributed by atoms with Gasteiger partial charge in [0.2, 0.25) is 5.91 Å². The normalized spacial score (nSPS) is 15.3. The number of amides is 1. The molecule has 1 aromatic heterocycles. The second-order valence-corrected chi connectivity index (χ2v) is 8.41. The summed E-state index contributed by atoms with van der Waals surface area (Å²) in [5.41, 5.74) is 3.04. The lowest BCUT2D eigenvalue weighted by Gasteiger charge is -2.27. The van der Waals surface area contributed by atoms with Gasteiger partial charge in [0.05, 0.1) is 12.7 Å². The number of hydrogen-bond acceptors (Lipinski definition) is 6. The van der Waals surface area contributed by atoms with E-state index in [1.54, 1.807) is 23.7 Å².